The molecule has 15 heavy (non-hydrogen) atoms. The number of anilines is 1. The summed E-state index contributed by atoms with van der Waals surface area (Å²) >= 11 is 0. The number of pyridine rings is 1. The van der Waals surface area contributed by atoms with E-state index in [1.807, 2.05) is 19.9 Å². The molecule has 1 aromatic heterocycles. The fraction of sp³-hybridized carbons (Fsp3) is 0.182. The van der Waals surface area contributed by atoms with Crippen LogP contribution < -0.4 is 11.3 Å². The second kappa shape index (κ2) is 3.47. The molecule has 0 radical (unpaired) electrons. The summed E-state index contributed by atoms with van der Waals surface area (Å²) in [7, 11) is 0. The van der Waals surface area contributed by atoms with Crippen molar-refractivity contribution in [3.63, 3.8) is 0 Å². The smallest absolute Gasteiger partial charge is 0.143 e. The Morgan fingerprint density at radius 2 is 1.93 bits per heavy atom. The van der Waals surface area contributed by atoms with Crippen LogP contribution in [0.4, 0.5) is 10.2 Å². The SMILES string of the molecule is Cc1cc2cc(F)cc(C)c2nc1NN. The number of halogens is 1. The van der Waals surface area contributed by atoms with Gasteiger partial charge in [0.2, 0.25) is 0 Å². The van der Waals surface area contributed by atoms with E-state index in [-0.39, 0.29) is 5.82 Å². The quantitative estimate of drug-likeness (QED) is 0.554. The summed E-state index contributed by atoms with van der Waals surface area (Å²) in [6.07, 6.45) is 0. The Balaban J connectivity index is 2.81. The zero-order valence-electron chi connectivity index (χ0n) is 8.63. The van der Waals surface area contributed by atoms with Gasteiger partial charge in [-0.15, -0.1) is 0 Å². The zero-order valence-corrected chi connectivity index (χ0v) is 8.63. The van der Waals surface area contributed by atoms with E-state index in [0.29, 0.717) is 5.82 Å². The number of hydrazine groups is 1. The van der Waals surface area contributed by atoms with Crippen LogP contribution in [-0.4, -0.2) is 4.98 Å². The van der Waals surface area contributed by atoms with Crippen molar-refractivity contribution in [1.29, 1.82) is 0 Å². The van der Waals surface area contributed by atoms with Gasteiger partial charge >= 0.3 is 0 Å². The molecular weight excluding hydrogens is 193 g/mol. The van der Waals surface area contributed by atoms with Crippen LogP contribution in [-0.2, 0) is 0 Å². The number of nitrogens with one attached hydrogen (secondary N) is 1. The van der Waals surface area contributed by atoms with Gasteiger partial charge in [-0.05, 0) is 43.2 Å². The Labute approximate surface area is 87.1 Å². The molecule has 3 nitrogen and oxygen atoms in total. The predicted octanol–water partition coefficient (Wildman–Crippen LogP) is 2.28. The van der Waals surface area contributed by atoms with Crippen LogP contribution >= 0.6 is 0 Å². The highest BCUT2D eigenvalue weighted by atomic mass is 19.1. The van der Waals surface area contributed by atoms with Gasteiger partial charge in [-0.2, -0.15) is 0 Å². The number of hydrogen-bond donors (Lipinski definition) is 2. The molecule has 0 aliphatic heterocycles. The van der Waals surface area contributed by atoms with Crippen molar-refractivity contribution in [2.45, 2.75) is 13.8 Å². The van der Waals surface area contributed by atoms with Crippen LogP contribution in [0.2, 0.25) is 0 Å². The summed E-state index contributed by atoms with van der Waals surface area (Å²) in [6.45, 7) is 3.70. The van der Waals surface area contributed by atoms with E-state index in [4.69, 9.17) is 5.84 Å². The highest BCUT2D eigenvalue weighted by Gasteiger charge is 2.06. The van der Waals surface area contributed by atoms with Gasteiger partial charge in [0.15, 0.2) is 0 Å². The van der Waals surface area contributed by atoms with Crippen molar-refractivity contribution in [1.82, 2.24) is 4.98 Å². The van der Waals surface area contributed by atoms with Crippen LogP contribution in [0.15, 0.2) is 18.2 Å². The lowest BCUT2D eigenvalue weighted by molar-refractivity contribution is 0.628. The molecule has 0 saturated carbocycles. The van der Waals surface area contributed by atoms with E-state index in [9.17, 15) is 4.39 Å². The number of benzene rings is 1. The molecule has 0 unspecified atom stereocenters. The van der Waals surface area contributed by atoms with E-state index in [0.717, 1.165) is 22.0 Å². The number of rotatable bonds is 1. The van der Waals surface area contributed by atoms with Crippen LogP contribution in [0.1, 0.15) is 11.1 Å². The molecule has 1 heterocycles. The Hall–Kier alpha value is -1.68. The Morgan fingerprint density at radius 1 is 1.20 bits per heavy atom. The monoisotopic (exact) mass is 205 g/mol. The van der Waals surface area contributed by atoms with Gasteiger partial charge in [-0.3, -0.25) is 0 Å². The van der Waals surface area contributed by atoms with E-state index < -0.39 is 0 Å². The molecule has 0 saturated heterocycles. The molecule has 0 atom stereocenters. The molecule has 78 valence electrons. The van der Waals surface area contributed by atoms with Gasteiger partial charge in [0.05, 0.1) is 5.52 Å². The molecule has 0 fully saturated rings. The maximum Gasteiger partial charge on any atom is 0.143 e. The molecule has 2 rings (SSSR count). The normalized spacial score (nSPS) is 10.7. The average molecular weight is 205 g/mol. The minimum absolute atomic E-state index is 0.241. The Morgan fingerprint density at radius 3 is 2.60 bits per heavy atom. The summed E-state index contributed by atoms with van der Waals surface area (Å²) in [6, 6.07) is 4.81. The second-order valence-electron chi connectivity index (χ2n) is 3.59. The summed E-state index contributed by atoms with van der Waals surface area (Å²) in [5.74, 6) is 5.72. The lowest BCUT2D eigenvalue weighted by Gasteiger charge is -2.08. The lowest BCUT2D eigenvalue weighted by atomic mass is 10.1. The van der Waals surface area contributed by atoms with Crippen LogP contribution in [0.5, 0.6) is 0 Å². The summed E-state index contributed by atoms with van der Waals surface area (Å²) in [5.41, 5.74) is 5.00. The third kappa shape index (κ3) is 1.64. The van der Waals surface area contributed by atoms with E-state index in [1.54, 1.807) is 0 Å². The van der Waals surface area contributed by atoms with Crippen molar-refractivity contribution < 1.29 is 4.39 Å². The van der Waals surface area contributed by atoms with Crippen molar-refractivity contribution in [2.75, 3.05) is 5.43 Å². The van der Waals surface area contributed by atoms with Crippen LogP contribution in [0.3, 0.4) is 0 Å². The lowest BCUT2D eigenvalue weighted by Crippen LogP contribution is -2.10. The Kier molecular flexibility index (Phi) is 2.28. The van der Waals surface area contributed by atoms with Crippen LogP contribution in [0, 0.1) is 19.7 Å². The predicted molar refractivity (Wildman–Crippen MR) is 59.0 cm³/mol. The Bertz CT molecular complexity index is 523. The van der Waals surface area contributed by atoms with Crippen LogP contribution in [0.25, 0.3) is 10.9 Å². The third-order valence-electron chi connectivity index (χ3n) is 2.40. The average Bonchev–Trinajstić information content (AvgIpc) is 2.16. The fourth-order valence-corrected chi connectivity index (χ4v) is 1.67. The molecule has 2 aromatic rings. The molecule has 0 bridgehead atoms. The molecule has 1 aromatic carbocycles. The van der Waals surface area contributed by atoms with E-state index in [2.05, 4.69) is 10.4 Å². The number of nitrogens with zero attached hydrogens (tertiary/aromatic N) is 1. The molecule has 3 N–H and O–H groups in total. The minimum Gasteiger partial charge on any atom is -0.308 e. The summed E-state index contributed by atoms with van der Waals surface area (Å²) in [5, 5.41) is 0.795. The maximum absolute atomic E-state index is 13.1. The first kappa shape index (κ1) is 9.86. The number of nitrogens with two attached hydrogens (primary N) is 1. The first-order valence-electron chi connectivity index (χ1n) is 4.66. The van der Waals surface area contributed by atoms with Gasteiger partial charge in [0.25, 0.3) is 0 Å². The molecular formula is C11H12FN3. The largest absolute Gasteiger partial charge is 0.308 e. The first-order chi connectivity index (χ1) is 7.11. The number of aromatic nitrogens is 1. The second-order valence-corrected chi connectivity index (χ2v) is 3.59. The van der Waals surface area contributed by atoms with Crippen molar-refractivity contribution >= 4 is 16.7 Å². The highest BCUT2D eigenvalue weighted by molar-refractivity contribution is 5.84. The van der Waals surface area contributed by atoms with Gasteiger partial charge < -0.3 is 5.43 Å². The number of fused-ring (bicyclic) bond motifs is 1. The standard InChI is InChI=1S/C11H12FN3/c1-6-4-9(12)5-8-3-7(2)11(15-13)14-10(6)8/h3-5H,13H2,1-2H3,(H,14,15). The zero-order chi connectivity index (χ0) is 11.0. The van der Waals surface area contributed by atoms with E-state index >= 15 is 0 Å². The molecule has 4 heteroatoms. The highest BCUT2D eigenvalue weighted by Crippen LogP contribution is 2.22. The topological polar surface area (TPSA) is 50.9 Å². The van der Waals surface area contributed by atoms with Gasteiger partial charge in [0.1, 0.15) is 11.6 Å². The van der Waals surface area contributed by atoms with Crippen molar-refractivity contribution in [2.24, 2.45) is 5.84 Å². The van der Waals surface area contributed by atoms with Crippen molar-refractivity contribution in [3.8, 4) is 0 Å². The molecule has 0 aliphatic rings. The number of nitrogen functional groups attached to an aromatic ring is 1. The number of hydrogen-bond acceptors (Lipinski definition) is 3. The maximum atomic E-state index is 13.1. The van der Waals surface area contributed by atoms with E-state index in [1.165, 1.54) is 12.1 Å². The minimum atomic E-state index is -0.241. The molecule has 0 spiro atoms. The number of aryl methyl sites for hydroxylation is 2. The van der Waals surface area contributed by atoms with Gasteiger partial charge in [-0.25, -0.2) is 15.2 Å². The first-order valence-corrected chi connectivity index (χ1v) is 4.66. The molecule has 0 aliphatic carbocycles. The third-order valence-corrected chi connectivity index (χ3v) is 2.40. The molecule has 0 amide bonds. The summed E-state index contributed by atoms with van der Waals surface area (Å²) in [4.78, 5) is 4.33. The van der Waals surface area contributed by atoms with Gasteiger partial charge in [0, 0.05) is 5.39 Å². The van der Waals surface area contributed by atoms with Gasteiger partial charge in [-0.1, -0.05) is 0 Å². The van der Waals surface area contributed by atoms with Crippen molar-refractivity contribution in [3.05, 3.63) is 35.1 Å². The fourth-order valence-electron chi connectivity index (χ4n) is 1.67. The summed E-state index contributed by atoms with van der Waals surface area (Å²) < 4.78 is 13.1.